The van der Waals surface area contributed by atoms with Crippen LogP contribution in [0.2, 0.25) is 0 Å². The molecule has 0 saturated heterocycles. The number of likely N-dealkylation sites (N-methyl/N-ethyl adjacent to an activating group) is 1. The summed E-state index contributed by atoms with van der Waals surface area (Å²) < 4.78 is 39.4. The number of urea groups is 1. The SMILES string of the molecule is CNC(=O)NC(=O)[C@@H](C)N(C)CC(=O)Nc1ccc(F)c(F)c1F. The molecule has 10 heteroatoms. The third-order valence-corrected chi connectivity index (χ3v) is 3.21. The molecule has 0 unspecified atom stereocenters. The van der Waals surface area contributed by atoms with Gasteiger partial charge in [-0.1, -0.05) is 0 Å². The number of nitrogens with zero attached hydrogens (tertiary/aromatic N) is 1. The van der Waals surface area contributed by atoms with E-state index in [0.29, 0.717) is 6.07 Å². The van der Waals surface area contributed by atoms with Crippen molar-refractivity contribution in [1.29, 1.82) is 0 Å². The Hall–Kier alpha value is -2.62. The maximum Gasteiger partial charge on any atom is 0.321 e. The van der Waals surface area contributed by atoms with Crippen LogP contribution in [-0.4, -0.2) is 49.4 Å². The zero-order chi connectivity index (χ0) is 18.4. The van der Waals surface area contributed by atoms with E-state index >= 15 is 0 Å². The summed E-state index contributed by atoms with van der Waals surface area (Å²) >= 11 is 0. The lowest BCUT2D eigenvalue weighted by atomic mass is 10.2. The van der Waals surface area contributed by atoms with E-state index < -0.39 is 47.0 Å². The Kier molecular flexibility index (Phi) is 6.71. The molecule has 0 spiro atoms. The van der Waals surface area contributed by atoms with E-state index in [-0.39, 0.29) is 6.54 Å². The average Bonchev–Trinajstić information content (AvgIpc) is 2.54. The molecular weight excluding hydrogens is 329 g/mol. The Labute approximate surface area is 136 Å². The normalized spacial score (nSPS) is 11.8. The number of carbonyl (C=O) groups is 3. The van der Waals surface area contributed by atoms with Gasteiger partial charge in [0.1, 0.15) is 0 Å². The smallest absolute Gasteiger partial charge is 0.321 e. The fraction of sp³-hybridized carbons (Fsp3) is 0.357. The molecule has 0 aliphatic rings. The van der Waals surface area contributed by atoms with Gasteiger partial charge in [-0.05, 0) is 26.1 Å². The van der Waals surface area contributed by atoms with Gasteiger partial charge in [-0.15, -0.1) is 0 Å². The number of hydrogen-bond donors (Lipinski definition) is 3. The van der Waals surface area contributed by atoms with E-state index in [0.717, 1.165) is 6.07 Å². The molecule has 1 rings (SSSR count). The predicted molar refractivity (Wildman–Crippen MR) is 79.6 cm³/mol. The minimum atomic E-state index is -1.69. The molecule has 0 radical (unpaired) electrons. The van der Waals surface area contributed by atoms with Crippen molar-refractivity contribution in [3.63, 3.8) is 0 Å². The van der Waals surface area contributed by atoms with E-state index in [4.69, 9.17) is 0 Å². The Morgan fingerprint density at radius 3 is 2.38 bits per heavy atom. The summed E-state index contributed by atoms with van der Waals surface area (Å²) in [7, 11) is 2.76. The summed E-state index contributed by atoms with van der Waals surface area (Å²) in [5.41, 5.74) is -0.519. The molecule has 0 aromatic heterocycles. The van der Waals surface area contributed by atoms with Crippen LogP contribution in [0.3, 0.4) is 0 Å². The average molecular weight is 346 g/mol. The van der Waals surface area contributed by atoms with Gasteiger partial charge in [0, 0.05) is 7.05 Å². The van der Waals surface area contributed by atoms with Crippen LogP contribution >= 0.6 is 0 Å². The van der Waals surface area contributed by atoms with Crippen molar-refractivity contribution >= 4 is 23.5 Å². The van der Waals surface area contributed by atoms with Gasteiger partial charge in [-0.2, -0.15) is 0 Å². The number of carbonyl (C=O) groups excluding carboxylic acids is 3. The number of halogens is 3. The molecule has 132 valence electrons. The summed E-state index contributed by atoms with van der Waals surface area (Å²) in [6.45, 7) is 1.10. The zero-order valence-corrected chi connectivity index (χ0v) is 13.2. The van der Waals surface area contributed by atoms with E-state index in [1.807, 2.05) is 5.32 Å². The van der Waals surface area contributed by atoms with Crippen molar-refractivity contribution in [2.45, 2.75) is 13.0 Å². The van der Waals surface area contributed by atoms with E-state index in [9.17, 15) is 27.6 Å². The number of benzene rings is 1. The summed E-state index contributed by atoms with van der Waals surface area (Å²) in [4.78, 5) is 35.9. The number of hydrogen-bond acceptors (Lipinski definition) is 4. The van der Waals surface area contributed by atoms with Crippen LogP contribution < -0.4 is 16.0 Å². The maximum absolute atomic E-state index is 13.5. The van der Waals surface area contributed by atoms with Gasteiger partial charge in [0.25, 0.3) is 0 Å². The molecule has 7 nitrogen and oxygen atoms in total. The number of amides is 4. The number of anilines is 1. The van der Waals surface area contributed by atoms with Gasteiger partial charge < -0.3 is 10.6 Å². The summed E-state index contributed by atoms with van der Waals surface area (Å²) in [5, 5.41) is 6.33. The van der Waals surface area contributed by atoms with Gasteiger partial charge in [-0.3, -0.25) is 19.8 Å². The van der Waals surface area contributed by atoms with Crippen molar-refractivity contribution in [1.82, 2.24) is 15.5 Å². The van der Waals surface area contributed by atoms with Gasteiger partial charge in [0.15, 0.2) is 17.5 Å². The fourth-order valence-electron chi connectivity index (χ4n) is 1.65. The molecule has 24 heavy (non-hydrogen) atoms. The molecule has 1 aromatic carbocycles. The first-order chi connectivity index (χ1) is 11.2. The van der Waals surface area contributed by atoms with Crippen LogP contribution in [0.1, 0.15) is 6.92 Å². The van der Waals surface area contributed by atoms with Crippen LogP contribution in [0.4, 0.5) is 23.7 Å². The summed E-state index contributed by atoms with van der Waals surface area (Å²) in [5.74, 6) is -5.98. The summed E-state index contributed by atoms with van der Waals surface area (Å²) in [6.07, 6.45) is 0. The maximum atomic E-state index is 13.5. The van der Waals surface area contributed by atoms with Gasteiger partial charge in [0.05, 0.1) is 18.3 Å². The summed E-state index contributed by atoms with van der Waals surface area (Å²) in [6, 6.07) is 0.0151. The predicted octanol–water partition coefficient (Wildman–Crippen LogP) is 0.818. The monoisotopic (exact) mass is 346 g/mol. The standard InChI is InChI=1S/C14H17F3N4O3/c1-7(13(23)20-14(24)18-2)21(3)6-10(22)19-9-5-4-8(15)11(16)12(9)17/h4-5,7H,6H2,1-3H3,(H,19,22)(H2,18,20,23,24)/t7-/m1/s1. The molecule has 0 aliphatic heterocycles. The Morgan fingerprint density at radius 2 is 1.79 bits per heavy atom. The Bertz CT molecular complexity index is 654. The van der Waals surface area contributed by atoms with Gasteiger partial charge in [0.2, 0.25) is 11.8 Å². The molecule has 1 aromatic rings. The molecule has 4 amide bonds. The Balaban J connectivity index is 2.66. The molecule has 1 atom stereocenters. The van der Waals surface area contributed by atoms with E-state index in [1.165, 1.54) is 25.9 Å². The molecule has 0 aliphatic carbocycles. The van der Waals surface area contributed by atoms with Gasteiger partial charge in [-0.25, -0.2) is 18.0 Å². The number of rotatable bonds is 5. The van der Waals surface area contributed by atoms with Crippen LogP contribution in [-0.2, 0) is 9.59 Å². The second kappa shape index (κ2) is 8.29. The zero-order valence-electron chi connectivity index (χ0n) is 13.2. The lowest BCUT2D eigenvalue weighted by Gasteiger charge is -2.22. The highest BCUT2D eigenvalue weighted by atomic mass is 19.2. The first-order valence-electron chi connectivity index (χ1n) is 6.83. The van der Waals surface area contributed by atoms with Crippen molar-refractivity contribution in [2.24, 2.45) is 0 Å². The van der Waals surface area contributed by atoms with Crippen molar-refractivity contribution < 1.29 is 27.6 Å². The first-order valence-corrected chi connectivity index (χ1v) is 6.83. The molecular formula is C14H17F3N4O3. The minimum absolute atomic E-state index is 0.346. The lowest BCUT2D eigenvalue weighted by molar-refractivity contribution is -0.125. The number of nitrogens with one attached hydrogen (secondary N) is 3. The highest BCUT2D eigenvalue weighted by Crippen LogP contribution is 2.19. The lowest BCUT2D eigenvalue weighted by Crippen LogP contribution is -2.49. The molecule has 3 N–H and O–H groups in total. The van der Waals surface area contributed by atoms with Crippen molar-refractivity contribution in [2.75, 3.05) is 26.0 Å². The van der Waals surface area contributed by atoms with E-state index in [2.05, 4.69) is 10.6 Å². The quantitative estimate of drug-likeness (QED) is 0.689. The molecule has 0 fully saturated rings. The van der Waals surface area contributed by atoms with Crippen LogP contribution in [0.15, 0.2) is 12.1 Å². The highest BCUT2D eigenvalue weighted by molar-refractivity contribution is 5.97. The topological polar surface area (TPSA) is 90.5 Å². The van der Waals surface area contributed by atoms with Crippen LogP contribution in [0.5, 0.6) is 0 Å². The number of imide groups is 1. The largest absolute Gasteiger partial charge is 0.341 e. The van der Waals surface area contributed by atoms with Crippen LogP contribution in [0.25, 0.3) is 0 Å². The van der Waals surface area contributed by atoms with Crippen LogP contribution in [0, 0.1) is 17.5 Å². The van der Waals surface area contributed by atoms with E-state index in [1.54, 1.807) is 0 Å². The van der Waals surface area contributed by atoms with Crippen molar-refractivity contribution in [3.05, 3.63) is 29.6 Å². The molecule has 0 saturated carbocycles. The van der Waals surface area contributed by atoms with Gasteiger partial charge >= 0.3 is 6.03 Å². The molecule has 0 heterocycles. The second-order valence-electron chi connectivity index (χ2n) is 4.93. The Morgan fingerprint density at radius 1 is 1.17 bits per heavy atom. The second-order valence-corrected chi connectivity index (χ2v) is 4.93. The first kappa shape index (κ1) is 19.4. The van der Waals surface area contributed by atoms with Crippen molar-refractivity contribution in [3.8, 4) is 0 Å². The fourth-order valence-corrected chi connectivity index (χ4v) is 1.65. The highest BCUT2D eigenvalue weighted by Gasteiger charge is 2.22. The third-order valence-electron chi connectivity index (χ3n) is 3.21. The third kappa shape index (κ3) is 4.95. The minimum Gasteiger partial charge on any atom is -0.341 e. The molecule has 0 bridgehead atoms.